The van der Waals surface area contributed by atoms with Gasteiger partial charge in [0.2, 0.25) is 0 Å². The van der Waals surface area contributed by atoms with E-state index in [4.69, 9.17) is 4.74 Å². The van der Waals surface area contributed by atoms with Crippen LogP contribution in [0.5, 0.6) is 5.75 Å². The van der Waals surface area contributed by atoms with Gasteiger partial charge >= 0.3 is 6.03 Å². The second-order valence-corrected chi connectivity index (χ2v) is 8.23. The Labute approximate surface area is 202 Å². The molecule has 0 radical (unpaired) electrons. The number of carbonyl (C=O) groups excluding carboxylic acids is 3. The normalized spacial score (nSPS) is 15.3. The number of rotatable bonds is 4. The summed E-state index contributed by atoms with van der Waals surface area (Å²) in [7, 11) is 1.56. The minimum absolute atomic E-state index is 0.107. The van der Waals surface area contributed by atoms with Crippen molar-refractivity contribution in [2.45, 2.75) is 6.92 Å². The van der Waals surface area contributed by atoms with Crippen molar-refractivity contribution in [3.63, 3.8) is 0 Å². The summed E-state index contributed by atoms with van der Waals surface area (Å²) in [6.07, 6.45) is 1.51. The molecular formula is C29H22N2O4. The molecule has 0 aromatic heterocycles. The van der Waals surface area contributed by atoms with Gasteiger partial charge in [-0.1, -0.05) is 60.7 Å². The van der Waals surface area contributed by atoms with E-state index in [0.717, 1.165) is 26.1 Å². The van der Waals surface area contributed by atoms with Crippen molar-refractivity contribution in [2.24, 2.45) is 0 Å². The van der Waals surface area contributed by atoms with Crippen LogP contribution in [0.3, 0.4) is 0 Å². The lowest BCUT2D eigenvalue weighted by atomic mass is 10.0. The van der Waals surface area contributed by atoms with Gasteiger partial charge in [-0.25, -0.2) is 14.6 Å². The standard InChI is InChI=1S/C29H22N2O4/c1-19-7-5-10-22(17-19)30-27(32)25(18-20-13-15-23(35-2)16-14-20)28(33)31(29(30)34)26-12-6-9-21-8-3-4-11-24(21)26/h3-18H,1-2H3/b25-18+. The number of ether oxygens (including phenoxy) is 1. The number of fused-ring (bicyclic) bond motifs is 1. The number of imide groups is 2. The van der Waals surface area contributed by atoms with Gasteiger partial charge < -0.3 is 4.74 Å². The first-order valence-electron chi connectivity index (χ1n) is 11.1. The lowest BCUT2D eigenvalue weighted by Crippen LogP contribution is -2.57. The summed E-state index contributed by atoms with van der Waals surface area (Å²) in [5.41, 5.74) is 2.24. The monoisotopic (exact) mass is 462 g/mol. The fraction of sp³-hybridized carbons (Fsp3) is 0.0690. The molecular weight excluding hydrogens is 440 g/mol. The third kappa shape index (κ3) is 3.95. The van der Waals surface area contributed by atoms with Crippen molar-refractivity contribution in [3.8, 4) is 5.75 Å². The van der Waals surface area contributed by atoms with E-state index in [0.29, 0.717) is 22.7 Å². The van der Waals surface area contributed by atoms with E-state index in [1.54, 1.807) is 61.7 Å². The highest BCUT2D eigenvalue weighted by Gasteiger charge is 2.44. The molecule has 4 amide bonds. The van der Waals surface area contributed by atoms with E-state index < -0.39 is 17.8 Å². The first kappa shape index (κ1) is 22.1. The van der Waals surface area contributed by atoms with Gasteiger partial charge in [0.1, 0.15) is 11.3 Å². The van der Waals surface area contributed by atoms with Crippen molar-refractivity contribution in [1.29, 1.82) is 0 Å². The summed E-state index contributed by atoms with van der Waals surface area (Å²) in [5.74, 6) is -0.684. The molecule has 0 saturated carbocycles. The van der Waals surface area contributed by atoms with E-state index in [1.165, 1.54) is 6.08 Å². The third-order valence-corrected chi connectivity index (χ3v) is 5.94. The zero-order valence-electron chi connectivity index (χ0n) is 19.3. The Morgan fingerprint density at radius 1 is 0.743 bits per heavy atom. The SMILES string of the molecule is COc1ccc(/C=C2\C(=O)N(c3cccc(C)c3)C(=O)N(c3cccc4ccccc34)C2=O)cc1. The first-order valence-corrected chi connectivity index (χ1v) is 11.1. The topological polar surface area (TPSA) is 66.9 Å². The number of anilines is 2. The largest absolute Gasteiger partial charge is 0.497 e. The number of aryl methyl sites for hydroxylation is 1. The van der Waals surface area contributed by atoms with Gasteiger partial charge in [0.15, 0.2) is 0 Å². The Morgan fingerprint density at radius 2 is 1.43 bits per heavy atom. The van der Waals surface area contributed by atoms with Crippen LogP contribution in [0.4, 0.5) is 16.2 Å². The van der Waals surface area contributed by atoms with E-state index in [-0.39, 0.29) is 5.57 Å². The van der Waals surface area contributed by atoms with E-state index >= 15 is 0 Å². The summed E-state index contributed by atoms with van der Waals surface area (Å²) < 4.78 is 5.20. The van der Waals surface area contributed by atoms with Crippen molar-refractivity contribution in [3.05, 3.63) is 108 Å². The highest BCUT2D eigenvalue weighted by molar-refractivity contribution is 6.46. The van der Waals surface area contributed by atoms with Crippen LogP contribution in [-0.2, 0) is 9.59 Å². The number of methoxy groups -OCH3 is 1. The first-order chi connectivity index (χ1) is 17.0. The van der Waals surface area contributed by atoms with Gasteiger partial charge in [-0.05, 0) is 59.8 Å². The van der Waals surface area contributed by atoms with Gasteiger partial charge in [0.25, 0.3) is 11.8 Å². The second kappa shape index (κ2) is 8.91. The molecule has 1 aliphatic heterocycles. The quantitative estimate of drug-likeness (QED) is 0.287. The molecule has 0 bridgehead atoms. The highest BCUT2D eigenvalue weighted by atomic mass is 16.5. The Balaban J connectivity index is 1.70. The molecule has 5 rings (SSSR count). The Kier molecular flexibility index (Phi) is 5.63. The number of nitrogens with zero attached hydrogens (tertiary/aromatic N) is 2. The number of amides is 4. The van der Waals surface area contributed by atoms with Crippen molar-refractivity contribution in [1.82, 2.24) is 0 Å². The number of carbonyl (C=O) groups is 3. The van der Waals surface area contributed by atoms with E-state index in [2.05, 4.69) is 0 Å². The maximum atomic E-state index is 13.8. The minimum Gasteiger partial charge on any atom is -0.497 e. The second-order valence-electron chi connectivity index (χ2n) is 8.23. The average molecular weight is 463 g/mol. The molecule has 6 nitrogen and oxygen atoms in total. The third-order valence-electron chi connectivity index (χ3n) is 5.94. The number of benzene rings is 4. The maximum Gasteiger partial charge on any atom is 0.343 e. The minimum atomic E-state index is -0.714. The van der Waals surface area contributed by atoms with E-state index in [9.17, 15) is 14.4 Å². The predicted octanol–water partition coefficient (Wildman–Crippen LogP) is 5.74. The van der Waals surface area contributed by atoms with Crippen LogP contribution in [0, 0.1) is 6.92 Å². The van der Waals surface area contributed by atoms with Crippen molar-refractivity contribution >= 4 is 46.1 Å². The van der Waals surface area contributed by atoms with Gasteiger partial charge in [-0.3, -0.25) is 9.59 Å². The fourth-order valence-electron chi connectivity index (χ4n) is 4.21. The molecule has 35 heavy (non-hydrogen) atoms. The van der Waals surface area contributed by atoms with Gasteiger partial charge in [-0.15, -0.1) is 0 Å². The number of hydrogen-bond acceptors (Lipinski definition) is 4. The molecule has 4 aromatic carbocycles. The van der Waals surface area contributed by atoms with Crippen LogP contribution >= 0.6 is 0 Å². The highest BCUT2D eigenvalue weighted by Crippen LogP contribution is 2.34. The lowest BCUT2D eigenvalue weighted by Gasteiger charge is -2.34. The molecule has 1 saturated heterocycles. The summed E-state index contributed by atoms with van der Waals surface area (Å²) in [4.78, 5) is 43.2. The molecule has 4 aromatic rings. The zero-order chi connectivity index (χ0) is 24.5. The summed E-state index contributed by atoms with van der Waals surface area (Å²) in [5, 5.41) is 1.62. The summed E-state index contributed by atoms with van der Waals surface area (Å²) in [6.45, 7) is 1.88. The Hall–Kier alpha value is -4.71. The average Bonchev–Trinajstić information content (AvgIpc) is 2.87. The summed E-state index contributed by atoms with van der Waals surface area (Å²) in [6, 6.07) is 26.3. The molecule has 172 valence electrons. The molecule has 6 heteroatoms. The van der Waals surface area contributed by atoms with Crippen LogP contribution in [0.1, 0.15) is 11.1 Å². The number of hydrogen-bond donors (Lipinski definition) is 0. The smallest absolute Gasteiger partial charge is 0.343 e. The maximum absolute atomic E-state index is 13.8. The number of urea groups is 1. The van der Waals surface area contributed by atoms with Gasteiger partial charge in [-0.2, -0.15) is 0 Å². The Bertz CT molecular complexity index is 1500. The molecule has 0 spiro atoms. The molecule has 0 atom stereocenters. The van der Waals surface area contributed by atoms with E-state index in [1.807, 2.05) is 43.3 Å². The number of barbiturate groups is 1. The van der Waals surface area contributed by atoms with Crippen LogP contribution in [0.25, 0.3) is 16.8 Å². The van der Waals surface area contributed by atoms with Crippen LogP contribution in [0.15, 0.2) is 96.6 Å². The van der Waals surface area contributed by atoms with Crippen molar-refractivity contribution in [2.75, 3.05) is 16.9 Å². The Morgan fingerprint density at radius 3 is 2.17 bits per heavy atom. The van der Waals surface area contributed by atoms with Crippen LogP contribution in [0.2, 0.25) is 0 Å². The fourth-order valence-corrected chi connectivity index (χ4v) is 4.21. The molecule has 0 unspecified atom stereocenters. The molecule has 1 heterocycles. The molecule has 0 N–H and O–H groups in total. The predicted molar refractivity (Wildman–Crippen MR) is 136 cm³/mol. The zero-order valence-corrected chi connectivity index (χ0v) is 19.3. The van der Waals surface area contributed by atoms with Gasteiger partial charge in [0, 0.05) is 5.39 Å². The molecule has 0 aliphatic carbocycles. The molecule has 1 aliphatic rings. The van der Waals surface area contributed by atoms with Crippen LogP contribution < -0.4 is 14.5 Å². The van der Waals surface area contributed by atoms with Crippen molar-refractivity contribution < 1.29 is 19.1 Å². The summed E-state index contributed by atoms with van der Waals surface area (Å²) >= 11 is 0. The lowest BCUT2D eigenvalue weighted by molar-refractivity contribution is -0.121. The van der Waals surface area contributed by atoms with Gasteiger partial charge in [0.05, 0.1) is 18.5 Å². The molecule has 1 fully saturated rings. The van der Waals surface area contributed by atoms with Crippen LogP contribution in [-0.4, -0.2) is 25.0 Å².